The van der Waals surface area contributed by atoms with Crippen molar-refractivity contribution < 1.29 is 32.9 Å². The van der Waals surface area contributed by atoms with Crippen LogP contribution in [0.3, 0.4) is 0 Å². The molecular formula is C60H108O7Si2. The van der Waals surface area contributed by atoms with Gasteiger partial charge in [-0.25, -0.2) is 0 Å². The fourth-order valence-corrected chi connectivity index (χ4v) is 21.5. The van der Waals surface area contributed by atoms with E-state index in [4.69, 9.17) is 39.5 Å². The molecule has 10 aliphatic rings. The van der Waals surface area contributed by atoms with E-state index in [1.54, 1.807) is 6.92 Å². The first-order valence-electron chi connectivity index (χ1n) is 29.0. The molecule has 0 aromatic carbocycles. The maximum Gasteiger partial charge on any atom is 0.192 e. The molecule has 0 radical (unpaired) electrons. The maximum atomic E-state index is 7.57. The monoisotopic (exact) mass is 997 g/mol. The van der Waals surface area contributed by atoms with Gasteiger partial charge < -0.3 is 32.9 Å². The molecule has 398 valence electrons. The minimum absolute atomic E-state index is 0.159. The van der Waals surface area contributed by atoms with Crippen molar-refractivity contribution in [2.24, 2.45) is 74.9 Å². The summed E-state index contributed by atoms with van der Waals surface area (Å²) in [6.07, 6.45) is 19.9. The predicted molar refractivity (Wildman–Crippen MR) is 288 cm³/mol. The highest BCUT2D eigenvalue weighted by Crippen LogP contribution is 2.72. The van der Waals surface area contributed by atoms with Gasteiger partial charge in [-0.3, -0.25) is 0 Å². The summed E-state index contributed by atoms with van der Waals surface area (Å²) in [5.74, 6) is 4.81. The molecule has 0 aromatic heterocycles. The van der Waals surface area contributed by atoms with E-state index in [0.717, 1.165) is 18.3 Å². The quantitative estimate of drug-likeness (QED) is 0.222. The molecule has 0 amide bonds. The zero-order valence-electron chi connectivity index (χ0n) is 48.4. The molecule has 10 rings (SSSR count). The number of fused-ring (bicyclic) bond motifs is 16. The first kappa shape index (κ1) is 55.1. The van der Waals surface area contributed by atoms with Gasteiger partial charge in [0, 0.05) is 6.61 Å². The van der Waals surface area contributed by atoms with Gasteiger partial charge in [-0.15, -0.1) is 0 Å². The number of aliphatic hydroxyl groups is 1. The van der Waals surface area contributed by atoms with Crippen molar-refractivity contribution in [1.82, 2.24) is 0 Å². The van der Waals surface area contributed by atoms with Gasteiger partial charge in [0.25, 0.3) is 0 Å². The summed E-state index contributed by atoms with van der Waals surface area (Å²) < 4.78 is 41.5. The highest BCUT2D eigenvalue weighted by atomic mass is 28.4. The number of allylic oxidation sites excluding steroid dienone is 1. The Morgan fingerprint density at radius 1 is 0.565 bits per heavy atom. The van der Waals surface area contributed by atoms with Crippen LogP contribution in [0.5, 0.6) is 0 Å². The number of hydrogen-bond acceptors (Lipinski definition) is 7. The van der Waals surface area contributed by atoms with Crippen LogP contribution in [0, 0.1) is 74.9 Å². The Hall–Kier alpha value is -0.106. The summed E-state index contributed by atoms with van der Waals surface area (Å²) in [7, 11) is -3.64. The molecule has 69 heavy (non-hydrogen) atoms. The fourth-order valence-electron chi connectivity index (χ4n) is 18.6. The van der Waals surface area contributed by atoms with E-state index in [2.05, 4.69) is 130 Å². The van der Waals surface area contributed by atoms with Crippen LogP contribution in [0.1, 0.15) is 201 Å². The second kappa shape index (κ2) is 18.3. The number of rotatable bonds is 4. The molecule has 0 aromatic rings. The average Bonchev–Trinajstić information content (AvgIpc) is 3.91. The minimum atomic E-state index is -1.84. The van der Waals surface area contributed by atoms with Crippen LogP contribution in [0.2, 0.25) is 36.3 Å². The molecule has 10 fully saturated rings. The topological polar surface area (TPSA) is 75.6 Å². The Morgan fingerprint density at radius 2 is 0.971 bits per heavy atom. The lowest BCUT2D eigenvalue weighted by Gasteiger charge is -2.65. The van der Waals surface area contributed by atoms with E-state index in [9.17, 15) is 0 Å². The van der Waals surface area contributed by atoms with Crippen molar-refractivity contribution >= 4 is 16.6 Å². The second-order valence-electron chi connectivity index (χ2n) is 30.4. The van der Waals surface area contributed by atoms with E-state index in [1.165, 1.54) is 89.0 Å². The smallest absolute Gasteiger partial charge is 0.192 e. The molecule has 9 heteroatoms. The van der Waals surface area contributed by atoms with E-state index in [0.29, 0.717) is 64.5 Å². The van der Waals surface area contributed by atoms with Gasteiger partial charge in [0.05, 0.1) is 36.6 Å². The third kappa shape index (κ3) is 9.11. The molecule has 8 aliphatic carbocycles. The van der Waals surface area contributed by atoms with Gasteiger partial charge in [0.2, 0.25) is 0 Å². The summed E-state index contributed by atoms with van der Waals surface area (Å²) in [6.45, 7) is 52.3. The van der Waals surface area contributed by atoms with Gasteiger partial charge in [0.15, 0.2) is 28.2 Å². The molecule has 0 bridgehead atoms. The fraction of sp³-hybridized carbons (Fsp3) is 0.967. The van der Waals surface area contributed by atoms with Gasteiger partial charge in [-0.1, -0.05) is 114 Å². The van der Waals surface area contributed by atoms with Gasteiger partial charge >= 0.3 is 0 Å². The Bertz CT molecular complexity index is 1870. The average molecular weight is 998 g/mol. The second-order valence-corrected chi connectivity index (χ2v) is 40.0. The molecule has 2 heterocycles. The van der Waals surface area contributed by atoms with E-state index >= 15 is 0 Å². The minimum Gasteiger partial charge on any atom is -0.413 e. The Balaban J connectivity index is 0.000000176. The van der Waals surface area contributed by atoms with Crippen molar-refractivity contribution in [3.8, 4) is 0 Å². The SMILES string of the molecule is C=C1C[C@@]2(C)C(CC[C@@H]2O[Si](C)(C)C(C)(C)C)C2C1[C@@]1(C)CCCCC1[C@H]1OC(C)(C)O[C@H]21.CC1C[C@@]2(C)C(CC[C@@H]2O[Si](C)(C)C(C)(C)C)C2C1[C@@]1(C)CCCCC1[C@H]1OC(C)(C)O[C@H]21.CCO. The summed E-state index contributed by atoms with van der Waals surface area (Å²) in [4.78, 5) is 0. The third-order valence-corrected chi connectivity index (χ3v) is 32.3. The van der Waals surface area contributed by atoms with Crippen molar-refractivity contribution in [3.05, 3.63) is 12.2 Å². The summed E-state index contributed by atoms with van der Waals surface area (Å²) in [5.41, 5.74) is 2.60. The highest BCUT2D eigenvalue weighted by molar-refractivity contribution is 6.74. The summed E-state index contributed by atoms with van der Waals surface area (Å²) >= 11 is 0. The zero-order valence-corrected chi connectivity index (χ0v) is 50.4. The Morgan fingerprint density at radius 3 is 1.45 bits per heavy atom. The molecule has 19 atom stereocenters. The van der Waals surface area contributed by atoms with Gasteiger partial charge in [-0.05, 0) is 210 Å². The molecule has 2 saturated heterocycles. The lowest BCUT2D eigenvalue weighted by Crippen LogP contribution is -2.65. The van der Waals surface area contributed by atoms with E-state index in [1.807, 2.05) is 0 Å². The molecular weight excluding hydrogens is 889 g/mol. The van der Waals surface area contributed by atoms with E-state index in [-0.39, 0.29) is 51.9 Å². The van der Waals surface area contributed by atoms with Gasteiger partial charge in [-0.2, -0.15) is 0 Å². The molecule has 0 spiro atoms. The first-order chi connectivity index (χ1) is 31.6. The summed E-state index contributed by atoms with van der Waals surface area (Å²) in [5, 5.41) is 8.07. The van der Waals surface area contributed by atoms with E-state index < -0.39 is 28.2 Å². The lowest BCUT2D eigenvalue weighted by molar-refractivity contribution is -0.201. The maximum absolute atomic E-state index is 7.57. The van der Waals surface area contributed by atoms with Crippen LogP contribution in [0.15, 0.2) is 12.2 Å². The first-order valence-corrected chi connectivity index (χ1v) is 34.8. The van der Waals surface area contributed by atoms with Crippen molar-refractivity contribution in [2.45, 2.75) is 285 Å². The van der Waals surface area contributed by atoms with Crippen LogP contribution < -0.4 is 0 Å². The molecule has 9 unspecified atom stereocenters. The lowest BCUT2D eigenvalue weighted by atomic mass is 9.41. The van der Waals surface area contributed by atoms with Crippen LogP contribution in [0.4, 0.5) is 0 Å². The molecule has 8 saturated carbocycles. The predicted octanol–water partition coefficient (Wildman–Crippen LogP) is 15.5. The van der Waals surface area contributed by atoms with Crippen LogP contribution >= 0.6 is 0 Å². The number of ether oxygens (including phenoxy) is 4. The zero-order chi connectivity index (χ0) is 51.1. The van der Waals surface area contributed by atoms with Crippen LogP contribution in [-0.4, -0.2) is 76.5 Å². The van der Waals surface area contributed by atoms with Crippen molar-refractivity contribution in [3.63, 3.8) is 0 Å². The van der Waals surface area contributed by atoms with Crippen molar-refractivity contribution in [1.29, 1.82) is 0 Å². The summed E-state index contributed by atoms with van der Waals surface area (Å²) in [6, 6.07) is 0. The molecule has 1 N–H and O–H groups in total. The Labute approximate surface area is 426 Å². The van der Waals surface area contributed by atoms with Crippen LogP contribution in [0.25, 0.3) is 0 Å². The third-order valence-electron chi connectivity index (χ3n) is 23.3. The molecule has 7 nitrogen and oxygen atoms in total. The number of aliphatic hydroxyl groups excluding tert-OH is 1. The standard InChI is InChI=1S/C29H52O3Si.C29H50O3Si.C2H6O/c2*1-18-17-29(8)19(14-15-21(29)32-33(9,10)26(2,3)4)22-23(18)28(7)16-12-11-13-20(28)24-25(22)31-27(5,6)30-24;1-2-3/h18-25H,11-17H2,1-10H3;19-25H,1,11-17H2,2-10H3;3H,2H2,1H3/t18?,19?,20?,21-,22?,23?,24+,25+,28-,29-;19?,20?,21-,22?,23?,24+,25+,28-,29-;/m00./s1. The molecule has 2 aliphatic heterocycles. The normalized spacial score (nSPS) is 48.4. The van der Waals surface area contributed by atoms with Crippen LogP contribution in [-0.2, 0) is 27.8 Å². The largest absolute Gasteiger partial charge is 0.413 e. The highest BCUT2D eigenvalue weighted by Gasteiger charge is 2.72. The number of hydrogen-bond donors (Lipinski definition) is 1. The van der Waals surface area contributed by atoms with Gasteiger partial charge in [0.1, 0.15) is 0 Å². The van der Waals surface area contributed by atoms with Crippen molar-refractivity contribution in [2.75, 3.05) is 6.61 Å². The Kier molecular flexibility index (Phi) is 14.6.